The zero-order chi connectivity index (χ0) is 18.0. The summed E-state index contributed by atoms with van der Waals surface area (Å²) in [6, 6.07) is 6.46. The van der Waals surface area contributed by atoms with Crippen LogP contribution in [0, 0.1) is 6.92 Å². The second kappa shape index (κ2) is 7.23. The minimum Gasteiger partial charge on any atom is -0.265 e. The average molecular weight is 329 g/mol. The van der Waals surface area contributed by atoms with Gasteiger partial charge in [0.15, 0.2) is 0 Å². The molecule has 0 radical (unpaired) electrons. The maximum Gasteiger partial charge on any atom is 0.0273 e. The van der Waals surface area contributed by atoms with Crippen LogP contribution in [-0.4, -0.2) is 4.98 Å². The molecule has 0 fully saturated rings. The molecule has 128 valence electrons. The zero-order valence-electron chi connectivity index (χ0n) is 15.7. The number of hydrogen-bond acceptors (Lipinski definition) is 1. The highest BCUT2D eigenvalue weighted by molar-refractivity contribution is 5.87. The second-order valence-electron chi connectivity index (χ2n) is 6.90. The molecule has 1 aromatic heterocycles. The van der Waals surface area contributed by atoms with E-state index in [1.54, 1.807) is 0 Å². The summed E-state index contributed by atoms with van der Waals surface area (Å²) in [7, 11) is 0. The standard InChI is InChI=1S/C24H27N/c1-6-8-21-13-16(3)14-22-23(21)17(4)15-19(7-2)24(22)18(5)20-9-11-25-12-10-20/h9-13,15H,3,5-8,14H2,1-2,4H3. The highest BCUT2D eigenvalue weighted by atomic mass is 14.6. The summed E-state index contributed by atoms with van der Waals surface area (Å²) < 4.78 is 0. The number of aryl methyl sites for hydroxylation is 2. The fourth-order valence-corrected chi connectivity index (χ4v) is 4.00. The van der Waals surface area contributed by atoms with Crippen LogP contribution in [-0.2, 0) is 12.8 Å². The predicted molar refractivity (Wildman–Crippen MR) is 109 cm³/mol. The lowest BCUT2D eigenvalue weighted by Crippen LogP contribution is -2.11. The van der Waals surface area contributed by atoms with Gasteiger partial charge in [-0.1, -0.05) is 51.1 Å². The molecule has 0 N–H and O–H groups in total. The first-order chi connectivity index (χ1) is 12.1. The van der Waals surface area contributed by atoms with Gasteiger partial charge in [-0.15, -0.1) is 0 Å². The highest BCUT2D eigenvalue weighted by Crippen LogP contribution is 2.40. The van der Waals surface area contributed by atoms with E-state index in [1.807, 2.05) is 12.4 Å². The lowest BCUT2D eigenvalue weighted by atomic mass is 9.77. The first-order valence-electron chi connectivity index (χ1n) is 9.20. The molecule has 1 aliphatic carbocycles. The molecule has 0 aliphatic heterocycles. The van der Waals surface area contributed by atoms with Gasteiger partial charge in [-0.3, -0.25) is 4.98 Å². The summed E-state index contributed by atoms with van der Waals surface area (Å²) in [4.78, 5) is 4.15. The second-order valence-corrected chi connectivity index (χ2v) is 6.90. The van der Waals surface area contributed by atoms with Crippen molar-refractivity contribution in [1.29, 1.82) is 0 Å². The highest BCUT2D eigenvalue weighted by Gasteiger charge is 2.23. The van der Waals surface area contributed by atoms with Crippen LogP contribution in [0.25, 0.3) is 11.1 Å². The van der Waals surface area contributed by atoms with E-state index in [2.05, 4.69) is 63.2 Å². The molecule has 0 saturated heterocycles. The Hall–Kier alpha value is -2.41. The van der Waals surface area contributed by atoms with Crippen LogP contribution in [0.2, 0.25) is 0 Å². The third-order valence-corrected chi connectivity index (χ3v) is 5.04. The first kappa shape index (κ1) is 17.4. The van der Waals surface area contributed by atoms with Crippen molar-refractivity contribution in [2.45, 2.75) is 46.5 Å². The fraction of sp³-hybridized carbons (Fsp3) is 0.292. The molecule has 3 rings (SSSR count). The van der Waals surface area contributed by atoms with Crippen LogP contribution in [0.4, 0.5) is 0 Å². The van der Waals surface area contributed by atoms with Crippen molar-refractivity contribution in [3.8, 4) is 0 Å². The van der Waals surface area contributed by atoms with E-state index in [9.17, 15) is 0 Å². The summed E-state index contributed by atoms with van der Waals surface area (Å²) in [5, 5.41) is 0. The predicted octanol–water partition coefficient (Wildman–Crippen LogP) is 6.31. The van der Waals surface area contributed by atoms with Gasteiger partial charge in [0, 0.05) is 12.4 Å². The van der Waals surface area contributed by atoms with Gasteiger partial charge in [-0.25, -0.2) is 0 Å². The van der Waals surface area contributed by atoms with E-state index in [-0.39, 0.29) is 0 Å². The van der Waals surface area contributed by atoms with Crippen molar-refractivity contribution < 1.29 is 0 Å². The number of fused-ring (bicyclic) bond motifs is 1. The van der Waals surface area contributed by atoms with Gasteiger partial charge in [0.25, 0.3) is 0 Å². The lowest BCUT2D eigenvalue weighted by molar-refractivity contribution is 0.954. The molecule has 0 spiro atoms. The molecule has 0 atom stereocenters. The Bertz CT molecular complexity index is 853. The molecule has 2 aromatic rings. The molecule has 0 unspecified atom stereocenters. The minimum atomic E-state index is 0.913. The van der Waals surface area contributed by atoms with Crippen LogP contribution in [0.1, 0.15) is 60.1 Å². The van der Waals surface area contributed by atoms with E-state index in [4.69, 9.17) is 0 Å². The SMILES string of the molecule is C=C1C=C(CCC)c2c(C)cc(CC)c(C(=C)c3ccncc3)c2C1. The Morgan fingerprint density at radius 1 is 1.20 bits per heavy atom. The summed E-state index contributed by atoms with van der Waals surface area (Å²) in [6.45, 7) is 15.5. The van der Waals surface area contributed by atoms with Crippen molar-refractivity contribution >= 4 is 11.1 Å². The molecule has 1 aliphatic rings. The fourth-order valence-electron chi connectivity index (χ4n) is 4.00. The van der Waals surface area contributed by atoms with Crippen LogP contribution < -0.4 is 0 Å². The number of pyridine rings is 1. The zero-order valence-corrected chi connectivity index (χ0v) is 15.7. The topological polar surface area (TPSA) is 12.9 Å². The summed E-state index contributed by atoms with van der Waals surface area (Å²) >= 11 is 0. The molecule has 25 heavy (non-hydrogen) atoms. The summed E-state index contributed by atoms with van der Waals surface area (Å²) in [5.74, 6) is 0. The number of nitrogens with zero attached hydrogens (tertiary/aromatic N) is 1. The first-order valence-corrected chi connectivity index (χ1v) is 9.20. The molecule has 1 heteroatoms. The number of hydrogen-bond donors (Lipinski definition) is 0. The van der Waals surface area contributed by atoms with Gasteiger partial charge in [-0.2, -0.15) is 0 Å². The average Bonchev–Trinajstić information content (AvgIpc) is 2.61. The maximum atomic E-state index is 4.46. The van der Waals surface area contributed by atoms with Crippen molar-refractivity contribution in [3.63, 3.8) is 0 Å². The van der Waals surface area contributed by atoms with Gasteiger partial charge >= 0.3 is 0 Å². The monoisotopic (exact) mass is 329 g/mol. The summed E-state index contributed by atoms with van der Waals surface area (Å²) in [6.07, 6.45) is 10.1. The summed E-state index contributed by atoms with van der Waals surface area (Å²) in [5.41, 5.74) is 11.8. The third kappa shape index (κ3) is 3.24. The van der Waals surface area contributed by atoms with E-state index >= 15 is 0 Å². The molecule has 1 nitrogen and oxygen atoms in total. The Labute approximate surface area is 151 Å². The molecule has 0 amide bonds. The molecule has 1 aromatic carbocycles. The Balaban J connectivity index is 2.26. The molecule has 1 heterocycles. The van der Waals surface area contributed by atoms with E-state index < -0.39 is 0 Å². The van der Waals surface area contributed by atoms with Crippen molar-refractivity contribution in [3.05, 3.63) is 88.8 Å². The van der Waals surface area contributed by atoms with Crippen molar-refractivity contribution in [2.24, 2.45) is 0 Å². The van der Waals surface area contributed by atoms with Gasteiger partial charge in [0.05, 0.1) is 0 Å². The molecule has 0 bridgehead atoms. The smallest absolute Gasteiger partial charge is 0.0273 e. The van der Waals surface area contributed by atoms with Gasteiger partial charge in [-0.05, 0) is 82.8 Å². The molecule has 0 saturated carbocycles. The van der Waals surface area contributed by atoms with Gasteiger partial charge < -0.3 is 0 Å². The van der Waals surface area contributed by atoms with Crippen LogP contribution in [0.3, 0.4) is 0 Å². The largest absolute Gasteiger partial charge is 0.265 e. The Morgan fingerprint density at radius 3 is 2.56 bits per heavy atom. The number of benzene rings is 1. The van der Waals surface area contributed by atoms with Crippen LogP contribution in [0.15, 0.2) is 55.4 Å². The van der Waals surface area contributed by atoms with E-state index in [0.717, 1.165) is 36.8 Å². The number of allylic oxidation sites excluding steroid dienone is 3. The minimum absolute atomic E-state index is 0.913. The Morgan fingerprint density at radius 2 is 1.92 bits per heavy atom. The van der Waals surface area contributed by atoms with E-state index in [0.29, 0.717) is 0 Å². The number of aromatic nitrogens is 1. The normalized spacial score (nSPS) is 13.4. The van der Waals surface area contributed by atoms with Crippen LogP contribution >= 0.6 is 0 Å². The van der Waals surface area contributed by atoms with Crippen LogP contribution in [0.5, 0.6) is 0 Å². The quantitative estimate of drug-likeness (QED) is 0.626. The lowest BCUT2D eigenvalue weighted by Gasteiger charge is -2.27. The molecular weight excluding hydrogens is 302 g/mol. The third-order valence-electron chi connectivity index (χ3n) is 5.04. The molecular formula is C24H27N. The maximum absolute atomic E-state index is 4.46. The number of rotatable bonds is 5. The van der Waals surface area contributed by atoms with Gasteiger partial charge in [0.2, 0.25) is 0 Å². The van der Waals surface area contributed by atoms with Crippen molar-refractivity contribution in [1.82, 2.24) is 4.98 Å². The van der Waals surface area contributed by atoms with Crippen molar-refractivity contribution in [2.75, 3.05) is 0 Å². The van der Waals surface area contributed by atoms with Gasteiger partial charge in [0.1, 0.15) is 0 Å². The van der Waals surface area contributed by atoms with E-state index in [1.165, 1.54) is 39.0 Å². The Kier molecular flexibility index (Phi) is 5.03.